The Morgan fingerprint density at radius 3 is 2.91 bits per heavy atom. The topological polar surface area (TPSA) is 61.8 Å². The quantitative estimate of drug-likeness (QED) is 0.572. The highest BCUT2D eigenvalue weighted by atomic mass is 16.5. The molecule has 1 aliphatic rings. The van der Waals surface area contributed by atoms with E-state index in [2.05, 4.69) is 17.1 Å². The lowest BCUT2D eigenvalue weighted by Gasteiger charge is -2.19. The van der Waals surface area contributed by atoms with E-state index in [9.17, 15) is 9.90 Å². The summed E-state index contributed by atoms with van der Waals surface area (Å²) in [4.78, 5) is 14.1. The largest absolute Gasteiger partial charge is 0.393 e. The van der Waals surface area contributed by atoms with Gasteiger partial charge < -0.3 is 15.2 Å². The predicted molar refractivity (Wildman–Crippen MR) is 88.9 cm³/mol. The van der Waals surface area contributed by atoms with Gasteiger partial charge in [-0.3, -0.25) is 9.69 Å². The normalized spacial score (nSPS) is 17.9. The third-order valence-corrected chi connectivity index (χ3v) is 4.16. The standard InChI is InChI=1S/C17H34N2O3/c1-2-3-4-5-7-16(20)8-9-17(21)18-10-12-19-11-6-14-22-15-13-19/h16,20H,2-15H2,1H3,(H,18,21). The average molecular weight is 314 g/mol. The molecule has 0 saturated carbocycles. The highest BCUT2D eigenvalue weighted by molar-refractivity contribution is 5.75. The summed E-state index contributed by atoms with van der Waals surface area (Å²) >= 11 is 0. The van der Waals surface area contributed by atoms with Crippen LogP contribution in [0.3, 0.4) is 0 Å². The van der Waals surface area contributed by atoms with Crippen LogP contribution < -0.4 is 5.32 Å². The zero-order valence-electron chi connectivity index (χ0n) is 14.2. The maximum atomic E-state index is 11.8. The molecule has 1 rings (SSSR count). The summed E-state index contributed by atoms with van der Waals surface area (Å²) < 4.78 is 5.41. The second-order valence-electron chi connectivity index (χ2n) is 6.20. The number of rotatable bonds is 11. The summed E-state index contributed by atoms with van der Waals surface area (Å²) in [6.45, 7) is 7.38. The number of amides is 1. The molecular formula is C17H34N2O3. The van der Waals surface area contributed by atoms with E-state index in [1.54, 1.807) is 0 Å². The molecule has 0 aromatic heterocycles. The van der Waals surface area contributed by atoms with E-state index < -0.39 is 0 Å². The number of carbonyl (C=O) groups excluding carboxylic acids is 1. The second-order valence-corrected chi connectivity index (χ2v) is 6.20. The highest BCUT2D eigenvalue weighted by Crippen LogP contribution is 2.09. The number of ether oxygens (including phenoxy) is 1. The van der Waals surface area contributed by atoms with Crippen molar-refractivity contribution in [1.82, 2.24) is 10.2 Å². The molecule has 0 aliphatic carbocycles. The Hall–Kier alpha value is -0.650. The van der Waals surface area contributed by atoms with Crippen molar-refractivity contribution in [2.45, 2.75) is 64.4 Å². The molecule has 1 unspecified atom stereocenters. The Balaban J connectivity index is 1.98. The van der Waals surface area contributed by atoms with Crippen molar-refractivity contribution < 1.29 is 14.6 Å². The first-order chi connectivity index (χ1) is 10.7. The Bertz CT molecular complexity index is 279. The maximum absolute atomic E-state index is 11.8. The van der Waals surface area contributed by atoms with Crippen molar-refractivity contribution in [3.05, 3.63) is 0 Å². The molecule has 5 heteroatoms. The van der Waals surface area contributed by atoms with Crippen LogP contribution in [0.2, 0.25) is 0 Å². The number of carbonyl (C=O) groups is 1. The van der Waals surface area contributed by atoms with Crippen LogP contribution in [0.25, 0.3) is 0 Å². The van der Waals surface area contributed by atoms with Crippen molar-refractivity contribution in [3.63, 3.8) is 0 Å². The third-order valence-electron chi connectivity index (χ3n) is 4.16. The van der Waals surface area contributed by atoms with Crippen LogP contribution in [-0.4, -0.2) is 61.4 Å². The zero-order chi connectivity index (χ0) is 16.0. The average Bonchev–Trinajstić information content (AvgIpc) is 2.78. The summed E-state index contributed by atoms with van der Waals surface area (Å²) in [7, 11) is 0. The van der Waals surface area contributed by atoms with E-state index in [-0.39, 0.29) is 12.0 Å². The molecule has 1 aliphatic heterocycles. The molecule has 1 amide bonds. The van der Waals surface area contributed by atoms with Gasteiger partial charge in [0.25, 0.3) is 0 Å². The first-order valence-electron chi connectivity index (χ1n) is 8.97. The zero-order valence-corrected chi connectivity index (χ0v) is 14.2. The predicted octanol–water partition coefficient (Wildman–Crippen LogP) is 1.94. The summed E-state index contributed by atoms with van der Waals surface area (Å²) in [5.41, 5.74) is 0. The van der Waals surface area contributed by atoms with Crippen LogP contribution in [0.4, 0.5) is 0 Å². The number of hydrogen-bond donors (Lipinski definition) is 2. The molecule has 1 saturated heterocycles. The van der Waals surface area contributed by atoms with Gasteiger partial charge in [0.05, 0.1) is 12.7 Å². The SMILES string of the molecule is CCCCCCC(O)CCC(=O)NCCN1CCCOCC1. The van der Waals surface area contributed by atoms with Gasteiger partial charge in [0.1, 0.15) is 0 Å². The fraction of sp³-hybridized carbons (Fsp3) is 0.941. The number of nitrogens with zero attached hydrogens (tertiary/aromatic N) is 1. The molecule has 22 heavy (non-hydrogen) atoms. The molecule has 5 nitrogen and oxygen atoms in total. The summed E-state index contributed by atoms with van der Waals surface area (Å²) in [6, 6.07) is 0. The smallest absolute Gasteiger partial charge is 0.220 e. The minimum atomic E-state index is -0.328. The molecule has 1 atom stereocenters. The first kappa shape index (κ1) is 19.4. The van der Waals surface area contributed by atoms with Gasteiger partial charge in [0.15, 0.2) is 0 Å². The minimum absolute atomic E-state index is 0.0543. The van der Waals surface area contributed by atoms with Gasteiger partial charge in [-0.15, -0.1) is 0 Å². The van der Waals surface area contributed by atoms with Crippen molar-refractivity contribution >= 4 is 5.91 Å². The van der Waals surface area contributed by atoms with E-state index in [1.165, 1.54) is 19.3 Å². The molecule has 0 aromatic carbocycles. The molecule has 1 heterocycles. The van der Waals surface area contributed by atoms with Crippen molar-refractivity contribution in [3.8, 4) is 0 Å². The molecule has 2 N–H and O–H groups in total. The van der Waals surface area contributed by atoms with Crippen LogP contribution in [0.5, 0.6) is 0 Å². The molecular weight excluding hydrogens is 280 g/mol. The molecule has 1 fully saturated rings. The van der Waals surface area contributed by atoms with Gasteiger partial charge >= 0.3 is 0 Å². The van der Waals surface area contributed by atoms with Gasteiger partial charge in [-0.2, -0.15) is 0 Å². The second kappa shape index (κ2) is 12.9. The molecule has 0 aromatic rings. The van der Waals surface area contributed by atoms with E-state index in [0.717, 1.165) is 52.1 Å². The summed E-state index contributed by atoms with van der Waals surface area (Å²) in [5, 5.41) is 12.8. The fourth-order valence-electron chi connectivity index (χ4n) is 2.71. The van der Waals surface area contributed by atoms with E-state index in [1.807, 2.05) is 0 Å². The maximum Gasteiger partial charge on any atom is 0.220 e. The highest BCUT2D eigenvalue weighted by Gasteiger charge is 2.10. The number of hydrogen-bond acceptors (Lipinski definition) is 4. The van der Waals surface area contributed by atoms with Gasteiger partial charge in [-0.05, 0) is 19.3 Å². The minimum Gasteiger partial charge on any atom is -0.393 e. The van der Waals surface area contributed by atoms with Gasteiger partial charge in [-0.25, -0.2) is 0 Å². The lowest BCUT2D eigenvalue weighted by molar-refractivity contribution is -0.121. The lowest BCUT2D eigenvalue weighted by Crippen LogP contribution is -2.36. The lowest BCUT2D eigenvalue weighted by atomic mass is 10.1. The molecule has 0 spiro atoms. The molecule has 0 bridgehead atoms. The monoisotopic (exact) mass is 314 g/mol. The number of aliphatic hydroxyl groups is 1. The van der Waals surface area contributed by atoms with Crippen LogP contribution in [0.15, 0.2) is 0 Å². The van der Waals surface area contributed by atoms with Crippen LogP contribution >= 0.6 is 0 Å². The third kappa shape index (κ3) is 10.1. The van der Waals surface area contributed by atoms with E-state index >= 15 is 0 Å². The summed E-state index contributed by atoms with van der Waals surface area (Å²) in [6.07, 6.45) is 7.25. The van der Waals surface area contributed by atoms with Crippen LogP contribution in [-0.2, 0) is 9.53 Å². The molecule has 0 radical (unpaired) electrons. The van der Waals surface area contributed by atoms with E-state index in [0.29, 0.717) is 19.4 Å². The van der Waals surface area contributed by atoms with Crippen molar-refractivity contribution in [2.24, 2.45) is 0 Å². The molecule has 130 valence electrons. The Morgan fingerprint density at radius 2 is 2.09 bits per heavy atom. The van der Waals surface area contributed by atoms with Gasteiger partial charge in [0.2, 0.25) is 5.91 Å². The number of unbranched alkanes of at least 4 members (excludes halogenated alkanes) is 3. The fourth-order valence-corrected chi connectivity index (χ4v) is 2.71. The first-order valence-corrected chi connectivity index (χ1v) is 8.97. The Labute approximate surface area is 135 Å². The number of nitrogens with one attached hydrogen (secondary N) is 1. The Kier molecular flexibility index (Phi) is 11.3. The van der Waals surface area contributed by atoms with Crippen LogP contribution in [0, 0.1) is 0 Å². The number of aliphatic hydroxyl groups excluding tert-OH is 1. The van der Waals surface area contributed by atoms with Crippen LogP contribution in [0.1, 0.15) is 58.3 Å². The van der Waals surface area contributed by atoms with Gasteiger partial charge in [0, 0.05) is 39.2 Å². The summed E-state index contributed by atoms with van der Waals surface area (Å²) in [5.74, 6) is 0.0543. The van der Waals surface area contributed by atoms with Crippen molar-refractivity contribution in [1.29, 1.82) is 0 Å². The van der Waals surface area contributed by atoms with Crippen molar-refractivity contribution in [2.75, 3.05) is 39.4 Å². The van der Waals surface area contributed by atoms with Gasteiger partial charge in [-0.1, -0.05) is 32.6 Å². The van der Waals surface area contributed by atoms with E-state index in [4.69, 9.17) is 4.74 Å². The Morgan fingerprint density at radius 1 is 1.23 bits per heavy atom.